The number of fused-ring (bicyclic) bond motifs is 1. The maximum atomic E-state index is 6.23. The number of hydrogen-bond acceptors (Lipinski definition) is 3. The van der Waals surface area contributed by atoms with Gasteiger partial charge in [-0.1, -0.05) is 18.5 Å². The van der Waals surface area contributed by atoms with Crippen molar-refractivity contribution >= 4 is 28.2 Å². The van der Waals surface area contributed by atoms with Gasteiger partial charge in [-0.05, 0) is 43.5 Å². The molecule has 0 atom stereocenters. The van der Waals surface area contributed by atoms with Gasteiger partial charge < -0.3 is 5.43 Å². The third kappa shape index (κ3) is 1.96. The van der Waals surface area contributed by atoms with Crippen molar-refractivity contribution in [3.63, 3.8) is 0 Å². The number of nitrogen functional groups attached to an aromatic ring is 1. The van der Waals surface area contributed by atoms with Gasteiger partial charge in [-0.2, -0.15) is 0 Å². The van der Waals surface area contributed by atoms with Gasteiger partial charge >= 0.3 is 0 Å². The van der Waals surface area contributed by atoms with E-state index in [0.29, 0.717) is 5.02 Å². The van der Waals surface area contributed by atoms with Crippen molar-refractivity contribution in [3.8, 4) is 0 Å². The molecule has 0 fully saturated rings. The van der Waals surface area contributed by atoms with Crippen LogP contribution < -0.4 is 11.3 Å². The number of anilines is 1. The van der Waals surface area contributed by atoms with E-state index < -0.39 is 0 Å². The Labute approximate surface area is 106 Å². The molecule has 0 bridgehead atoms. The van der Waals surface area contributed by atoms with Crippen LogP contribution in [0.1, 0.15) is 23.7 Å². The van der Waals surface area contributed by atoms with Crippen LogP contribution in [0.15, 0.2) is 12.1 Å². The summed E-state index contributed by atoms with van der Waals surface area (Å²) < 4.78 is 0. The monoisotopic (exact) mass is 249 g/mol. The summed E-state index contributed by atoms with van der Waals surface area (Å²) in [5.41, 5.74) is 7.74. The van der Waals surface area contributed by atoms with Crippen molar-refractivity contribution < 1.29 is 0 Å². The minimum absolute atomic E-state index is 0.669. The zero-order chi connectivity index (χ0) is 12.6. The predicted octanol–water partition coefficient (Wildman–Crippen LogP) is 3.35. The first-order chi connectivity index (χ1) is 8.08. The van der Waals surface area contributed by atoms with E-state index in [1.807, 2.05) is 19.9 Å². The first-order valence-corrected chi connectivity index (χ1v) is 6.02. The summed E-state index contributed by atoms with van der Waals surface area (Å²) in [4.78, 5) is 4.57. The van der Waals surface area contributed by atoms with E-state index in [2.05, 4.69) is 23.4 Å². The van der Waals surface area contributed by atoms with Gasteiger partial charge in [-0.15, -0.1) is 0 Å². The van der Waals surface area contributed by atoms with E-state index in [1.165, 1.54) is 0 Å². The number of benzene rings is 1. The molecule has 0 amide bonds. The fraction of sp³-hybridized carbons (Fsp3) is 0.308. The molecule has 90 valence electrons. The summed E-state index contributed by atoms with van der Waals surface area (Å²) in [5.74, 6) is 5.64. The number of halogens is 1. The third-order valence-corrected chi connectivity index (χ3v) is 3.28. The van der Waals surface area contributed by atoms with Gasteiger partial charge in [0, 0.05) is 11.1 Å². The Morgan fingerprint density at radius 1 is 1.35 bits per heavy atom. The molecule has 1 aromatic heterocycles. The van der Waals surface area contributed by atoms with E-state index in [4.69, 9.17) is 17.4 Å². The van der Waals surface area contributed by atoms with Crippen molar-refractivity contribution in [2.24, 2.45) is 5.84 Å². The van der Waals surface area contributed by atoms with Crippen molar-refractivity contribution in [1.29, 1.82) is 0 Å². The highest BCUT2D eigenvalue weighted by atomic mass is 35.5. The second-order valence-electron chi connectivity index (χ2n) is 4.19. The summed E-state index contributed by atoms with van der Waals surface area (Å²) in [5, 5.41) is 1.65. The van der Waals surface area contributed by atoms with Gasteiger partial charge in [0.05, 0.1) is 16.2 Å². The smallest absolute Gasteiger partial charge is 0.0912 e. The Hall–Kier alpha value is -1.32. The third-order valence-electron chi connectivity index (χ3n) is 2.99. The van der Waals surface area contributed by atoms with Gasteiger partial charge in [0.15, 0.2) is 0 Å². The highest BCUT2D eigenvalue weighted by Gasteiger charge is 2.12. The number of rotatable bonds is 2. The van der Waals surface area contributed by atoms with Crippen LogP contribution in [-0.2, 0) is 6.42 Å². The van der Waals surface area contributed by atoms with Crippen LogP contribution >= 0.6 is 11.6 Å². The van der Waals surface area contributed by atoms with Crippen LogP contribution in [0.4, 0.5) is 5.69 Å². The number of nitrogens with one attached hydrogen (secondary N) is 1. The Kier molecular flexibility index (Phi) is 3.22. The van der Waals surface area contributed by atoms with Crippen LogP contribution in [0.5, 0.6) is 0 Å². The lowest BCUT2D eigenvalue weighted by Gasteiger charge is -2.14. The van der Waals surface area contributed by atoms with Crippen LogP contribution in [0.25, 0.3) is 10.9 Å². The molecule has 2 aromatic rings. The normalized spacial score (nSPS) is 10.9. The van der Waals surface area contributed by atoms with Crippen molar-refractivity contribution in [3.05, 3.63) is 34.0 Å². The van der Waals surface area contributed by atoms with Gasteiger partial charge in [0.1, 0.15) is 0 Å². The Balaban J connectivity index is 2.93. The van der Waals surface area contributed by atoms with Gasteiger partial charge in [-0.25, -0.2) is 0 Å². The Morgan fingerprint density at radius 3 is 2.65 bits per heavy atom. The molecular weight excluding hydrogens is 234 g/mol. The van der Waals surface area contributed by atoms with Crippen molar-refractivity contribution in [2.75, 3.05) is 5.43 Å². The minimum atomic E-state index is 0.669. The molecule has 17 heavy (non-hydrogen) atoms. The lowest BCUT2D eigenvalue weighted by molar-refractivity contribution is 1.06. The zero-order valence-corrected chi connectivity index (χ0v) is 11.0. The van der Waals surface area contributed by atoms with E-state index in [-0.39, 0.29) is 0 Å². The molecule has 2 rings (SSSR count). The SMILES string of the molecule is CCc1c(C)nc2c(Cl)cc(C)cc2c1NN. The first-order valence-electron chi connectivity index (χ1n) is 5.64. The predicted molar refractivity (Wildman–Crippen MR) is 73.4 cm³/mol. The van der Waals surface area contributed by atoms with Crippen molar-refractivity contribution in [1.82, 2.24) is 4.98 Å². The molecule has 0 aliphatic carbocycles. The number of nitrogens with two attached hydrogens (primary N) is 1. The molecule has 1 aromatic carbocycles. The summed E-state index contributed by atoms with van der Waals surface area (Å²) >= 11 is 6.23. The van der Waals surface area contributed by atoms with E-state index >= 15 is 0 Å². The molecular formula is C13H16ClN3. The van der Waals surface area contributed by atoms with Gasteiger partial charge in [0.2, 0.25) is 0 Å². The van der Waals surface area contributed by atoms with Crippen LogP contribution in [0, 0.1) is 13.8 Å². The fourth-order valence-corrected chi connectivity index (χ4v) is 2.53. The van der Waals surface area contributed by atoms with E-state index in [0.717, 1.165) is 39.8 Å². The molecule has 0 aliphatic rings. The molecule has 3 N–H and O–H groups in total. The number of pyridine rings is 1. The molecule has 0 saturated carbocycles. The maximum Gasteiger partial charge on any atom is 0.0912 e. The second-order valence-corrected chi connectivity index (χ2v) is 4.60. The van der Waals surface area contributed by atoms with E-state index in [9.17, 15) is 0 Å². The van der Waals surface area contributed by atoms with Crippen LogP contribution in [0.3, 0.4) is 0 Å². The topological polar surface area (TPSA) is 50.9 Å². The van der Waals surface area contributed by atoms with Crippen molar-refractivity contribution in [2.45, 2.75) is 27.2 Å². The highest BCUT2D eigenvalue weighted by molar-refractivity contribution is 6.35. The lowest BCUT2D eigenvalue weighted by atomic mass is 10.0. The van der Waals surface area contributed by atoms with E-state index in [1.54, 1.807) is 0 Å². The number of nitrogens with zero attached hydrogens (tertiary/aromatic N) is 1. The maximum absolute atomic E-state index is 6.23. The Bertz CT molecular complexity index is 579. The largest absolute Gasteiger partial charge is 0.323 e. The number of aryl methyl sites for hydroxylation is 2. The molecule has 0 spiro atoms. The second kappa shape index (κ2) is 4.51. The number of aromatic nitrogens is 1. The minimum Gasteiger partial charge on any atom is -0.323 e. The molecule has 0 unspecified atom stereocenters. The molecule has 0 radical (unpaired) electrons. The van der Waals surface area contributed by atoms with Gasteiger partial charge in [-0.3, -0.25) is 10.8 Å². The molecule has 0 aliphatic heterocycles. The average Bonchev–Trinajstić information content (AvgIpc) is 2.28. The lowest BCUT2D eigenvalue weighted by Crippen LogP contribution is -2.11. The van der Waals surface area contributed by atoms with Crippen LogP contribution in [-0.4, -0.2) is 4.98 Å². The number of hydrazine groups is 1. The quantitative estimate of drug-likeness (QED) is 0.634. The molecule has 3 nitrogen and oxygen atoms in total. The molecule has 1 heterocycles. The van der Waals surface area contributed by atoms with Gasteiger partial charge in [0.25, 0.3) is 0 Å². The zero-order valence-electron chi connectivity index (χ0n) is 10.3. The fourth-order valence-electron chi connectivity index (χ4n) is 2.21. The highest BCUT2D eigenvalue weighted by Crippen LogP contribution is 2.32. The van der Waals surface area contributed by atoms with Crippen LogP contribution in [0.2, 0.25) is 5.02 Å². The Morgan fingerprint density at radius 2 is 2.06 bits per heavy atom. The summed E-state index contributed by atoms with van der Waals surface area (Å²) in [7, 11) is 0. The standard InChI is InChI=1S/C13H16ClN3/c1-4-9-8(3)16-13-10(12(9)17-15)5-7(2)6-11(13)14/h5-6H,4,15H2,1-3H3,(H,16,17). The average molecular weight is 250 g/mol. The number of hydrogen-bond donors (Lipinski definition) is 2. The first kappa shape index (κ1) is 12.1. The molecule has 4 heteroatoms. The summed E-state index contributed by atoms with van der Waals surface area (Å²) in [6, 6.07) is 3.98. The summed E-state index contributed by atoms with van der Waals surface area (Å²) in [6.07, 6.45) is 0.889. The summed E-state index contributed by atoms with van der Waals surface area (Å²) in [6.45, 7) is 6.08. The molecule has 0 saturated heterocycles.